The van der Waals surface area contributed by atoms with Crippen molar-refractivity contribution in [3.63, 3.8) is 0 Å². The van der Waals surface area contributed by atoms with Gasteiger partial charge in [-0.25, -0.2) is 0 Å². The largest absolute Gasteiger partial charge is 0.360 e. The zero-order valence-electron chi connectivity index (χ0n) is 14.9. The van der Waals surface area contributed by atoms with Crippen LogP contribution < -0.4 is 5.32 Å². The number of carbonyl (C=O) groups excluding carboxylic acids is 1. The molecule has 130 valence electrons. The van der Waals surface area contributed by atoms with Crippen molar-refractivity contribution in [3.8, 4) is 6.07 Å². The second-order valence-corrected chi connectivity index (χ2v) is 6.21. The monoisotopic (exact) mass is 343 g/mol. The number of nitrogens with one attached hydrogen (secondary N) is 2. The number of benzene rings is 2. The van der Waals surface area contributed by atoms with Gasteiger partial charge in [-0.05, 0) is 30.5 Å². The molecule has 1 amide bonds. The molecule has 2 N–H and O–H groups in total. The topological polar surface area (TPSA) is 68.7 Å². The SMILES string of the molecule is CCc1cccc2c(/C=C(\C#N)C(=O)N[C@@H](C)c3ccccc3)c[nH]c12. The molecule has 0 unspecified atom stereocenters. The molecule has 4 nitrogen and oxygen atoms in total. The van der Waals surface area contributed by atoms with Crippen LogP contribution in [0.25, 0.3) is 17.0 Å². The Labute approximate surface area is 153 Å². The standard InChI is InChI=1S/C22H21N3O/c1-3-16-10-7-11-20-19(14-24-21(16)20)12-18(13-23)22(26)25-15(2)17-8-5-4-6-9-17/h4-12,14-15,24H,3H2,1-2H3,(H,25,26)/b18-12+/t15-/m0/s1. The van der Waals surface area contributed by atoms with Crippen LogP contribution in [0.4, 0.5) is 0 Å². The molecule has 0 fully saturated rings. The second kappa shape index (κ2) is 7.71. The van der Waals surface area contributed by atoms with E-state index in [-0.39, 0.29) is 17.5 Å². The number of carbonyl (C=O) groups is 1. The third-order valence-corrected chi connectivity index (χ3v) is 4.53. The fourth-order valence-corrected chi connectivity index (χ4v) is 3.06. The summed E-state index contributed by atoms with van der Waals surface area (Å²) < 4.78 is 0. The normalized spacial score (nSPS) is 12.6. The highest BCUT2D eigenvalue weighted by molar-refractivity contribution is 6.04. The molecule has 0 aliphatic heterocycles. The number of nitriles is 1. The van der Waals surface area contributed by atoms with E-state index in [4.69, 9.17) is 0 Å². The number of para-hydroxylation sites is 1. The van der Waals surface area contributed by atoms with E-state index in [1.807, 2.05) is 61.7 Å². The number of hydrogen-bond acceptors (Lipinski definition) is 2. The number of aryl methyl sites for hydroxylation is 1. The Morgan fingerprint density at radius 1 is 1.23 bits per heavy atom. The average Bonchev–Trinajstić information content (AvgIpc) is 3.09. The molecule has 1 atom stereocenters. The Bertz CT molecular complexity index is 993. The Morgan fingerprint density at radius 3 is 2.69 bits per heavy atom. The molecule has 0 aliphatic rings. The van der Waals surface area contributed by atoms with Gasteiger partial charge < -0.3 is 10.3 Å². The summed E-state index contributed by atoms with van der Waals surface area (Å²) in [5.74, 6) is -0.371. The second-order valence-electron chi connectivity index (χ2n) is 6.21. The Hall–Kier alpha value is -3.32. The quantitative estimate of drug-likeness (QED) is 0.528. The van der Waals surface area contributed by atoms with E-state index < -0.39 is 0 Å². The van der Waals surface area contributed by atoms with Crippen molar-refractivity contribution in [1.29, 1.82) is 5.26 Å². The van der Waals surface area contributed by atoms with Gasteiger partial charge in [0, 0.05) is 22.7 Å². The van der Waals surface area contributed by atoms with Crippen molar-refractivity contribution in [2.24, 2.45) is 0 Å². The molecule has 0 bridgehead atoms. The van der Waals surface area contributed by atoms with Gasteiger partial charge in [-0.3, -0.25) is 4.79 Å². The summed E-state index contributed by atoms with van der Waals surface area (Å²) in [5, 5.41) is 13.4. The molecule has 0 spiro atoms. The molecule has 0 radical (unpaired) electrons. The van der Waals surface area contributed by atoms with E-state index in [1.165, 1.54) is 5.56 Å². The van der Waals surface area contributed by atoms with Gasteiger partial charge in [0.1, 0.15) is 11.6 Å². The number of H-pyrrole nitrogens is 1. The number of amides is 1. The molecule has 4 heteroatoms. The van der Waals surface area contributed by atoms with Crippen LogP contribution in [-0.2, 0) is 11.2 Å². The van der Waals surface area contributed by atoms with Gasteiger partial charge in [-0.15, -0.1) is 0 Å². The first-order valence-corrected chi connectivity index (χ1v) is 8.70. The number of aromatic nitrogens is 1. The van der Waals surface area contributed by atoms with Crippen molar-refractivity contribution in [1.82, 2.24) is 10.3 Å². The minimum Gasteiger partial charge on any atom is -0.360 e. The van der Waals surface area contributed by atoms with Gasteiger partial charge in [-0.1, -0.05) is 55.5 Å². The maximum absolute atomic E-state index is 12.5. The van der Waals surface area contributed by atoms with Gasteiger partial charge in [0.2, 0.25) is 0 Å². The third-order valence-electron chi connectivity index (χ3n) is 4.53. The predicted molar refractivity (Wildman–Crippen MR) is 104 cm³/mol. The summed E-state index contributed by atoms with van der Waals surface area (Å²) in [4.78, 5) is 15.8. The Morgan fingerprint density at radius 2 is 2.00 bits per heavy atom. The average molecular weight is 343 g/mol. The third kappa shape index (κ3) is 3.52. The lowest BCUT2D eigenvalue weighted by Crippen LogP contribution is -2.27. The van der Waals surface area contributed by atoms with Crippen molar-refractivity contribution in [2.45, 2.75) is 26.3 Å². The van der Waals surface area contributed by atoms with Gasteiger partial charge in [0.15, 0.2) is 0 Å². The fourth-order valence-electron chi connectivity index (χ4n) is 3.06. The summed E-state index contributed by atoms with van der Waals surface area (Å²) in [5.41, 5.74) is 4.20. The molecule has 26 heavy (non-hydrogen) atoms. The number of nitrogens with zero attached hydrogens (tertiary/aromatic N) is 1. The van der Waals surface area contributed by atoms with Crippen LogP contribution in [0.5, 0.6) is 0 Å². The van der Waals surface area contributed by atoms with E-state index >= 15 is 0 Å². The van der Waals surface area contributed by atoms with E-state index in [0.29, 0.717) is 0 Å². The van der Waals surface area contributed by atoms with Crippen LogP contribution in [0.3, 0.4) is 0 Å². The van der Waals surface area contributed by atoms with E-state index in [9.17, 15) is 10.1 Å². The number of hydrogen-bond donors (Lipinski definition) is 2. The summed E-state index contributed by atoms with van der Waals surface area (Å²) >= 11 is 0. The number of aromatic amines is 1. The first kappa shape index (κ1) is 17.5. The molecule has 3 rings (SSSR count). The first-order chi connectivity index (χ1) is 12.6. The molecule has 3 aromatic rings. The van der Waals surface area contributed by atoms with Crippen molar-refractivity contribution < 1.29 is 4.79 Å². The fraction of sp³-hybridized carbons (Fsp3) is 0.182. The Kier molecular flexibility index (Phi) is 5.19. The van der Waals surface area contributed by atoms with Gasteiger partial charge in [-0.2, -0.15) is 5.26 Å². The highest BCUT2D eigenvalue weighted by atomic mass is 16.1. The lowest BCUT2D eigenvalue weighted by atomic mass is 10.0. The lowest BCUT2D eigenvalue weighted by molar-refractivity contribution is -0.117. The maximum Gasteiger partial charge on any atom is 0.262 e. The zero-order chi connectivity index (χ0) is 18.5. The molecule has 0 aliphatic carbocycles. The smallest absolute Gasteiger partial charge is 0.262 e. The molecule has 1 heterocycles. The molecule has 2 aromatic carbocycles. The first-order valence-electron chi connectivity index (χ1n) is 8.70. The van der Waals surface area contributed by atoms with Crippen LogP contribution in [0, 0.1) is 11.3 Å². The van der Waals surface area contributed by atoms with Crippen molar-refractivity contribution >= 4 is 22.9 Å². The number of rotatable bonds is 5. The van der Waals surface area contributed by atoms with Crippen LogP contribution in [-0.4, -0.2) is 10.9 Å². The molecule has 1 aromatic heterocycles. The predicted octanol–water partition coefficient (Wildman–Crippen LogP) is 4.51. The van der Waals surface area contributed by atoms with Crippen molar-refractivity contribution in [3.05, 3.63) is 77.0 Å². The Balaban J connectivity index is 1.87. The van der Waals surface area contributed by atoms with Gasteiger partial charge in [0.05, 0.1) is 6.04 Å². The van der Waals surface area contributed by atoms with Crippen LogP contribution in [0.2, 0.25) is 0 Å². The minimum atomic E-state index is -0.371. The molecular weight excluding hydrogens is 322 g/mol. The van der Waals surface area contributed by atoms with Crippen molar-refractivity contribution in [2.75, 3.05) is 0 Å². The van der Waals surface area contributed by atoms with E-state index in [2.05, 4.69) is 23.3 Å². The molecular formula is C22H21N3O. The van der Waals surface area contributed by atoms with Crippen LogP contribution in [0.1, 0.15) is 36.6 Å². The van der Waals surface area contributed by atoms with Gasteiger partial charge >= 0.3 is 0 Å². The van der Waals surface area contributed by atoms with Crippen LogP contribution in [0.15, 0.2) is 60.3 Å². The summed E-state index contributed by atoms with van der Waals surface area (Å²) in [7, 11) is 0. The molecule has 0 saturated carbocycles. The summed E-state index contributed by atoms with van der Waals surface area (Å²) in [6.07, 6.45) is 4.40. The molecule has 0 saturated heterocycles. The lowest BCUT2D eigenvalue weighted by Gasteiger charge is -2.13. The summed E-state index contributed by atoms with van der Waals surface area (Å²) in [6, 6.07) is 17.6. The highest BCUT2D eigenvalue weighted by Gasteiger charge is 2.15. The van der Waals surface area contributed by atoms with E-state index in [0.717, 1.165) is 28.5 Å². The van der Waals surface area contributed by atoms with Gasteiger partial charge in [0.25, 0.3) is 5.91 Å². The maximum atomic E-state index is 12.5. The summed E-state index contributed by atoms with van der Waals surface area (Å²) in [6.45, 7) is 4.01. The number of fused-ring (bicyclic) bond motifs is 1. The van der Waals surface area contributed by atoms with E-state index in [1.54, 1.807) is 6.08 Å². The van der Waals surface area contributed by atoms with Crippen LogP contribution >= 0.6 is 0 Å². The minimum absolute atomic E-state index is 0.0931. The highest BCUT2D eigenvalue weighted by Crippen LogP contribution is 2.24. The zero-order valence-corrected chi connectivity index (χ0v) is 14.9.